The second kappa shape index (κ2) is 5.71. The predicted molar refractivity (Wildman–Crippen MR) is 69.0 cm³/mol. The summed E-state index contributed by atoms with van der Waals surface area (Å²) in [6.07, 6.45) is 0. The molecule has 0 amide bonds. The van der Waals surface area contributed by atoms with Crippen molar-refractivity contribution in [3.05, 3.63) is 35.5 Å². The first-order valence-corrected chi connectivity index (χ1v) is 5.95. The number of nitrogens with zero attached hydrogens (tertiary/aromatic N) is 2. The molecule has 2 rings (SSSR count). The number of aromatic nitrogens is 2. The van der Waals surface area contributed by atoms with Crippen molar-refractivity contribution < 1.29 is 13.9 Å². The zero-order valence-corrected chi connectivity index (χ0v) is 11.2. The maximum absolute atomic E-state index is 5.83. The summed E-state index contributed by atoms with van der Waals surface area (Å²) in [5.41, 5.74) is 6.81. The van der Waals surface area contributed by atoms with E-state index in [1.807, 2.05) is 25.1 Å². The fourth-order valence-corrected chi connectivity index (χ4v) is 1.62. The number of nitrogens with two attached hydrogens (primary N) is 1. The van der Waals surface area contributed by atoms with Crippen molar-refractivity contribution in [3.8, 4) is 11.5 Å². The van der Waals surface area contributed by atoms with Crippen LogP contribution in [0, 0.1) is 6.92 Å². The van der Waals surface area contributed by atoms with Crippen molar-refractivity contribution in [1.29, 1.82) is 0 Å². The van der Waals surface area contributed by atoms with Crippen LogP contribution in [0.3, 0.4) is 0 Å². The van der Waals surface area contributed by atoms with Crippen LogP contribution in [0.2, 0.25) is 0 Å². The molecule has 0 saturated heterocycles. The Morgan fingerprint density at radius 1 is 1.32 bits per heavy atom. The van der Waals surface area contributed by atoms with E-state index in [-0.39, 0.29) is 12.6 Å². The Kier molecular flexibility index (Phi) is 4.01. The number of methoxy groups -OCH3 is 1. The monoisotopic (exact) mass is 263 g/mol. The largest absolute Gasteiger partial charge is 0.493 e. The van der Waals surface area contributed by atoms with Gasteiger partial charge in [0.1, 0.15) is 0 Å². The highest BCUT2D eigenvalue weighted by atomic mass is 16.5. The zero-order chi connectivity index (χ0) is 13.8. The van der Waals surface area contributed by atoms with Crippen LogP contribution in [-0.4, -0.2) is 17.3 Å². The number of hydrogen-bond donors (Lipinski definition) is 1. The summed E-state index contributed by atoms with van der Waals surface area (Å²) in [6.45, 7) is 3.85. The number of rotatable bonds is 5. The Labute approximate surface area is 111 Å². The van der Waals surface area contributed by atoms with Gasteiger partial charge in [0.05, 0.1) is 7.11 Å². The summed E-state index contributed by atoms with van der Waals surface area (Å²) in [6, 6.07) is 5.53. The van der Waals surface area contributed by atoms with E-state index in [2.05, 4.69) is 10.2 Å². The summed E-state index contributed by atoms with van der Waals surface area (Å²) in [5, 5.41) is 7.59. The lowest BCUT2D eigenvalue weighted by atomic mass is 10.1. The van der Waals surface area contributed by atoms with Gasteiger partial charge in [0, 0.05) is 13.0 Å². The van der Waals surface area contributed by atoms with E-state index in [1.54, 1.807) is 14.0 Å². The molecule has 6 heteroatoms. The first-order chi connectivity index (χ1) is 9.10. The number of hydrogen-bond acceptors (Lipinski definition) is 6. The molecule has 0 aliphatic heterocycles. The Morgan fingerprint density at radius 3 is 2.68 bits per heavy atom. The van der Waals surface area contributed by atoms with Gasteiger partial charge in [0.25, 0.3) is 5.89 Å². The lowest BCUT2D eigenvalue weighted by Crippen LogP contribution is -2.05. The van der Waals surface area contributed by atoms with Gasteiger partial charge in [0.2, 0.25) is 5.89 Å². The van der Waals surface area contributed by atoms with Crippen LogP contribution >= 0.6 is 0 Å². The molecule has 6 nitrogen and oxygen atoms in total. The topological polar surface area (TPSA) is 83.4 Å². The van der Waals surface area contributed by atoms with E-state index in [9.17, 15) is 0 Å². The molecule has 1 aromatic heterocycles. The van der Waals surface area contributed by atoms with Crippen LogP contribution in [0.4, 0.5) is 0 Å². The van der Waals surface area contributed by atoms with Crippen molar-refractivity contribution >= 4 is 0 Å². The lowest BCUT2D eigenvalue weighted by Gasteiger charge is -2.12. The van der Waals surface area contributed by atoms with Crippen LogP contribution in [0.1, 0.15) is 30.3 Å². The van der Waals surface area contributed by atoms with E-state index in [4.69, 9.17) is 19.6 Å². The standard InChI is InChI=1S/C13H17N3O3/c1-8(14)10-4-5-11(12(6-10)17-3)18-7-13-16-15-9(2)19-13/h4-6,8H,7,14H2,1-3H3/t8-/m0/s1. The highest BCUT2D eigenvalue weighted by Crippen LogP contribution is 2.30. The normalized spacial score (nSPS) is 12.2. The molecule has 0 radical (unpaired) electrons. The predicted octanol–water partition coefficient (Wildman–Crippen LogP) is 1.99. The summed E-state index contributed by atoms with van der Waals surface area (Å²) < 4.78 is 16.1. The molecule has 1 aromatic carbocycles. The van der Waals surface area contributed by atoms with Gasteiger partial charge in [-0.15, -0.1) is 10.2 Å². The van der Waals surface area contributed by atoms with Gasteiger partial charge < -0.3 is 19.6 Å². The van der Waals surface area contributed by atoms with Crippen molar-refractivity contribution in [1.82, 2.24) is 10.2 Å². The molecule has 2 aromatic rings. The highest BCUT2D eigenvalue weighted by Gasteiger charge is 2.10. The number of aryl methyl sites for hydroxylation is 1. The maximum atomic E-state index is 5.83. The summed E-state index contributed by atoms with van der Waals surface area (Å²) in [5.74, 6) is 2.18. The molecule has 1 atom stereocenters. The van der Waals surface area contributed by atoms with Gasteiger partial charge in [-0.05, 0) is 24.6 Å². The Bertz CT molecular complexity index is 552. The van der Waals surface area contributed by atoms with E-state index >= 15 is 0 Å². The molecule has 0 unspecified atom stereocenters. The fourth-order valence-electron chi connectivity index (χ4n) is 1.62. The summed E-state index contributed by atoms with van der Waals surface area (Å²) in [4.78, 5) is 0. The van der Waals surface area contributed by atoms with Gasteiger partial charge in [-0.2, -0.15) is 0 Å². The third-order valence-electron chi connectivity index (χ3n) is 2.63. The fraction of sp³-hybridized carbons (Fsp3) is 0.385. The minimum Gasteiger partial charge on any atom is -0.493 e. The average Bonchev–Trinajstić information content (AvgIpc) is 2.81. The van der Waals surface area contributed by atoms with Gasteiger partial charge >= 0.3 is 0 Å². The van der Waals surface area contributed by atoms with E-state index in [0.29, 0.717) is 23.3 Å². The molecule has 0 fully saturated rings. The first kappa shape index (κ1) is 13.4. The maximum Gasteiger partial charge on any atom is 0.253 e. The Balaban J connectivity index is 2.11. The number of benzene rings is 1. The zero-order valence-electron chi connectivity index (χ0n) is 11.2. The second-order valence-corrected chi connectivity index (χ2v) is 4.20. The molecule has 102 valence electrons. The molecular weight excluding hydrogens is 246 g/mol. The number of ether oxygens (including phenoxy) is 2. The molecule has 19 heavy (non-hydrogen) atoms. The van der Waals surface area contributed by atoms with Crippen molar-refractivity contribution in [2.24, 2.45) is 5.73 Å². The Morgan fingerprint density at radius 2 is 2.11 bits per heavy atom. The summed E-state index contributed by atoms with van der Waals surface area (Å²) in [7, 11) is 1.59. The SMILES string of the molecule is COc1cc([C@H](C)N)ccc1OCc1nnc(C)o1. The first-order valence-electron chi connectivity index (χ1n) is 5.95. The van der Waals surface area contributed by atoms with Crippen molar-refractivity contribution in [2.75, 3.05) is 7.11 Å². The van der Waals surface area contributed by atoms with E-state index in [0.717, 1.165) is 5.56 Å². The average molecular weight is 263 g/mol. The second-order valence-electron chi connectivity index (χ2n) is 4.20. The minimum absolute atomic E-state index is 0.0541. The molecular formula is C13H17N3O3. The molecule has 0 aliphatic carbocycles. The minimum atomic E-state index is -0.0541. The van der Waals surface area contributed by atoms with E-state index < -0.39 is 0 Å². The van der Waals surface area contributed by atoms with Crippen LogP contribution in [-0.2, 0) is 6.61 Å². The Hall–Kier alpha value is -2.08. The van der Waals surface area contributed by atoms with Crippen LogP contribution in [0.5, 0.6) is 11.5 Å². The van der Waals surface area contributed by atoms with Gasteiger partial charge in [-0.3, -0.25) is 0 Å². The molecule has 0 saturated carbocycles. The van der Waals surface area contributed by atoms with Gasteiger partial charge in [0.15, 0.2) is 18.1 Å². The van der Waals surface area contributed by atoms with Crippen LogP contribution in [0.25, 0.3) is 0 Å². The van der Waals surface area contributed by atoms with Crippen molar-refractivity contribution in [3.63, 3.8) is 0 Å². The highest BCUT2D eigenvalue weighted by molar-refractivity contribution is 5.43. The third kappa shape index (κ3) is 3.23. The quantitative estimate of drug-likeness (QED) is 0.888. The van der Waals surface area contributed by atoms with Crippen molar-refractivity contribution in [2.45, 2.75) is 26.5 Å². The van der Waals surface area contributed by atoms with E-state index in [1.165, 1.54) is 0 Å². The molecule has 1 heterocycles. The smallest absolute Gasteiger partial charge is 0.253 e. The van der Waals surface area contributed by atoms with Crippen LogP contribution in [0.15, 0.2) is 22.6 Å². The third-order valence-corrected chi connectivity index (χ3v) is 2.63. The summed E-state index contributed by atoms with van der Waals surface area (Å²) >= 11 is 0. The van der Waals surface area contributed by atoms with Crippen LogP contribution < -0.4 is 15.2 Å². The molecule has 0 aliphatic rings. The molecule has 2 N–H and O–H groups in total. The van der Waals surface area contributed by atoms with Gasteiger partial charge in [-0.25, -0.2) is 0 Å². The molecule has 0 bridgehead atoms. The molecule has 0 spiro atoms. The lowest BCUT2D eigenvalue weighted by molar-refractivity contribution is 0.248. The van der Waals surface area contributed by atoms with Gasteiger partial charge in [-0.1, -0.05) is 6.07 Å².